The Hall–Kier alpha value is -2.93. The second kappa shape index (κ2) is 9.68. The van der Waals surface area contributed by atoms with Gasteiger partial charge in [-0.05, 0) is 42.0 Å². The van der Waals surface area contributed by atoms with Gasteiger partial charge in [-0.2, -0.15) is 0 Å². The van der Waals surface area contributed by atoms with Crippen molar-refractivity contribution in [1.82, 2.24) is 0 Å². The highest BCUT2D eigenvalue weighted by Crippen LogP contribution is 2.27. The van der Waals surface area contributed by atoms with Gasteiger partial charge in [-0.25, -0.2) is 0 Å². The summed E-state index contributed by atoms with van der Waals surface area (Å²) in [6, 6.07) is 9.89. The topological polar surface area (TPSA) is 93.1 Å². The summed E-state index contributed by atoms with van der Waals surface area (Å²) >= 11 is 1.23. The number of carboxylic acid groups (broad SMARTS) is 1. The number of benzene rings is 2. The summed E-state index contributed by atoms with van der Waals surface area (Å²) in [5, 5.41) is 18.5. The lowest BCUT2D eigenvalue weighted by molar-refractivity contribution is -0.133. The number of hydrogen-bond donors (Lipinski definition) is 2. The van der Waals surface area contributed by atoms with Crippen molar-refractivity contribution in [1.29, 1.82) is 0 Å². The molecule has 27 heavy (non-hydrogen) atoms. The number of carbonyl (C=O) groups is 2. The molecule has 2 aromatic rings. The minimum Gasteiger partial charge on any atom is -0.504 e. The highest BCUT2D eigenvalue weighted by atomic mass is 32.2. The molecule has 0 unspecified atom stereocenters. The van der Waals surface area contributed by atoms with E-state index in [-0.39, 0.29) is 17.3 Å². The van der Waals surface area contributed by atoms with Crippen LogP contribution in [0.3, 0.4) is 0 Å². The zero-order valence-corrected chi connectivity index (χ0v) is 15.8. The third-order valence-electron chi connectivity index (χ3n) is 3.68. The van der Waals surface area contributed by atoms with Crippen molar-refractivity contribution >= 4 is 29.6 Å². The summed E-state index contributed by atoms with van der Waals surface area (Å²) in [7, 11) is 2.99. The number of thioether (sulfide) groups is 1. The fourth-order valence-corrected chi connectivity index (χ4v) is 3.09. The lowest BCUT2D eigenvalue weighted by atomic mass is 10.1. The number of carboxylic acids is 1. The minimum atomic E-state index is -0.892. The van der Waals surface area contributed by atoms with E-state index in [1.54, 1.807) is 36.4 Å². The van der Waals surface area contributed by atoms with Crippen LogP contribution in [0.25, 0.3) is 6.08 Å². The average molecular weight is 388 g/mol. The van der Waals surface area contributed by atoms with E-state index in [4.69, 9.17) is 14.6 Å². The molecule has 6 nitrogen and oxygen atoms in total. The number of hydrogen-bond acceptors (Lipinski definition) is 6. The maximum Gasteiger partial charge on any atom is 0.313 e. The fraction of sp³-hybridized carbons (Fsp3) is 0.200. The Kier molecular flexibility index (Phi) is 7.31. The van der Waals surface area contributed by atoms with Crippen LogP contribution in [0.2, 0.25) is 0 Å². The van der Waals surface area contributed by atoms with Crippen LogP contribution in [0.15, 0.2) is 42.5 Å². The second-order valence-electron chi connectivity index (χ2n) is 5.54. The van der Waals surface area contributed by atoms with E-state index < -0.39 is 5.97 Å². The maximum atomic E-state index is 12.4. The van der Waals surface area contributed by atoms with Gasteiger partial charge in [0.15, 0.2) is 17.3 Å². The number of allylic oxidation sites excluding steroid dienone is 1. The van der Waals surface area contributed by atoms with E-state index in [9.17, 15) is 14.7 Å². The highest BCUT2D eigenvalue weighted by molar-refractivity contribution is 7.99. The average Bonchev–Trinajstić information content (AvgIpc) is 2.65. The quantitative estimate of drug-likeness (QED) is 0.500. The monoisotopic (exact) mass is 388 g/mol. The number of ether oxygens (including phenoxy) is 2. The summed E-state index contributed by atoms with van der Waals surface area (Å²) in [4.78, 5) is 23.1. The summed E-state index contributed by atoms with van der Waals surface area (Å²) in [6.45, 7) is 0. The van der Waals surface area contributed by atoms with Crippen LogP contribution in [-0.2, 0) is 10.5 Å². The maximum absolute atomic E-state index is 12.4. The Morgan fingerprint density at radius 1 is 1.07 bits per heavy atom. The molecule has 0 fully saturated rings. The van der Waals surface area contributed by atoms with Gasteiger partial charge >= 0.3 is 5.97 Å². The largest absolute Gasteiger partial charge is 0.504 e. The van der Waals surface area contributed by atoms with Gasteiger partial charge in [-0.1, -0.05) is 12.1 Å². The van der Waals surface area contributed by atoms with Crippen molar-refractivity contribution in [2.45, 2.75) is 5.75 Å². The molecule has 142 valence electrons. The summed E-state index contributed by atoms with van der Waals surface area (Å²) < 4.78 is 10.3. The molecule has 0 saturated heterocycles. The molecule has 0 bridgehead atoms. The summed E-state index contributed by atoms with van der Waals surface area (Å²) in [5.41, 5.74) is 1.88. The molecule has 0 atom stereocenters. The zero-order chi connectivity index (χ0) is 19.8. The van der Waals surface area contributed by atoms with Crippen LogP contribution in [0.1, 0.15) is 21.5 Å². The van der Waals surface area contributed by atoms with E-state index in [2.05, 4.69) is 0 Å². The third kappa shape index (κ3) is 5.79. The first kappa shape index (κ1) is 20.4. The Morgan fingerprint density at radius 3 is 2.41 bits per heavy atom. The Bertz CT molecular complexity index is 860. The molecular formula is C20H20O6S. The number of ketones is 1. The number of rotatable bonds is 9. The summed E-state index contributed by atoms with van der Waals surface area (Å²) in [5.74, 6) is 0.253. The molecule has 0 aliphatic carbocycles. The number of methoxy groups -OCH3 is 2. The van der Waals surface area contributed by atoms with Crippen LogP contribution in [-0.4, -0.2) is 41.9 Å². The van der Waals surface area contributed by atoms with Gasteiger partial charge in [0.05, 0.1) is 20.0 Å². The van der Waals surface area contributed by atoms with Crippen molar-refractivity contribution in [3.05, 3.63) is 59.2 Å². The normalized spacial score (nSPS) is 10.7. The predicted molar refractivity (Wildman–Crippen MR) is 105 cm³/mol. The molecule has 2 aromatic carbocycles. The van der Waals surface area contributed by atoms with E-state index in [1.165, 1.54) is 38.1 Å². The number of aliphatic carboxylic acids is 1. The molecule has 0 aliphatic heterocycles. The number of phenols is 1. The first-order valence-corrected chi connectivity index (χ1v) is 9.16. The molecule has 0 amide bonds. The van der Waals surface area contributed by atoms with Crippen molar-refractivity contribution in [2.75, 3.05) is 20.0 Å². The highest BCUT2D eigenvalue weighted by Gasteiger charge is 2.10. The van der Waals surface area contributed by atoms with Crippen molar-refractivity contribution in [3.63, 3.8) is 0 Å². The second-order valence-corrected chi connectivity index (χ2v) is 6.53. The number of carbonyl (C=O) groups excluding carboxylic acids is 1. The molecule has 2 rings (SSSR count). The van der Waals surface area contributed by atoms with Crippen LogP contribution in [0.4, 0.5) is 0 Å². The van der Waals surface area contributed by atoms with Crippen LogP contribution >= 0.6 is 11.8 Å². The van der Waals surface area contributed by atoms with Crippen LogP contribution < -0.4 is 9.47 Å². The SMILES string of the molecule is COc1ccc(/C=C/C(=O)c2ccc(OC)c(CSCC(=O)O)c2)cc1O. The van der Waals surface area contributed by atoms with Crippen molar-refractivity contribution in [3.8, 4) is 17.2 Å². The smallest absolute Gasteiger partial charge is 0.313 e. The Labute approximate surface area is 161 Å². The number of aromatic hydroxyl groups is 1. The van der Waals surface area contributed by atoms with Gasteiger partial charge < -0.3 is 19.7 Å². The molecule has 0 heterocycles. The van der Waals surface area contributed by atoms with E-state index in [0.29, 0.717) is 28.4 Å². The van der Waals surface area contributed by atoms with Crippen molar-refractivity contribution in [2.24, 2.45) is 0 Å². The van der Waals surface area contributed by atoms with E-state index in [0.717, 1.165) is 5.56 Å². The Morgan fingerprint density at radius 2 is 1.78 bits per heavy atom. The predicted octanol–water partition coefficient (Wildman–Crippen LogP) is 3.62. The molecule has 0 aliphatic rings. The van der Waals surface area contributed by atoms with Gasteiger partial charge in [0.2, 0.25) is 0 Å². The first-order valence-electron chi connectivity index (χ1n) is 8.00. The van der Waals surface area contributed by atoms with Crippen LogP contribution in [0, 0.1) is 0 Å². The molecule has 0 spiro atoms. The number of phenolic OH excluding ortho intramolecular Hbond substituents is 1. The van der Waals surface area contributed by atoms with Gasteiger partial charge in [0.25, 0.3) is 0 Å². The first-order chi connectivity index (χ1) is 12.9. The molecule has 0 radical (unpaired) electrons. The zero-order valence-electron chi connectivity index (χ0n) is 15.0. The van der Waals surface area contributed by atoms with E-state index >= 15 is 0 Å². The third-order valence-corrected chi connectivity index (χ3v) is 4.64. The minimum absolute atomic E-state index is 0.00529. The van der Waals surface area contributed by atoms with Crippen LogP contribution in [0.5, 0.6) is 17.2 Å². The van der Waals surface area contributed by atoms with Gasteiger partial charge in [-0.3, -0.25) is 9.59 Å². The molecule has 7 heteroatoms. The molecule has 2 N–H and O–H groups in total. The van der Waals surface area contributed by atoms with Crippen molar-refractivity contribution < 1.29 is 29.3 Å². The van der Waals surface area contributed by atoms with E-state index in [1.807, 2.05) is 0 Å². The molecule has 0 aromatic heterocycles. The fourth-order valence-electron chi connectivity index (χ4n) is 2.37. The van der Waals surface area contributed by atoms with Gasteiger partial charge in [0, 0.05) is 16.9 Å². The lowest BCUT2D eigenvalue weighted by Gasteiger charge is -2.09. The summed E-state index contributed by atoms with van der Waals surface area (Å²) in [6.07, 6.45) is 3.02. The van der Waals surface area contributed by atoms with Gasteiger partial charge in [0.1, 0.15) is 5.75 Å². The molecule has 0 saturated carbocycles. The lowest BCUT2D eigenvalue weighted by Crippen LogP contribution is -2.01. The standard InChI is InChI=1S/C20H20O6S/c1-25-18-8-5-14(10-15(18)11-27-12-20(23)24)16(21)6-3-13-4-7-19(26-2)17(22)9-13/h3-10,22H,11-12H2,1-2H3,(H,23,24)/b6-3+. The van der Waals surface area contributed by atoms with Gasteiger partial charge in [-0.15, -0.1) is 11.8 Å². The molecular weight excluding hydrogens is 368 g/mol. The Balaban J connectivity index is 2.15.